The van der Waals surface area contributed by atoms with Crippen molar-refractivity contribution >= 4 is 13.7 Å². The van der Waals surface area contributed by atoms with Gasteiger partial charge in [0.15, 0.2) is 0 Å². The lowest BCUT2D eigenvalue weighted by molar-refractivity contribution is -0.870. The second-order valence-electron chi connectivity index (χ2n) is 26.6. The number of allylic oxidation sites excluding steroid dienone is 21. The first-order valence-corrected chi connectivity index (χ1v) is 39.6. The molecule has 3 atom stereocenters. The summed E-state index contributed by atoms with van der Waals surface area (Å²) in [6, 6.07) is -0.867. The molecule has 0 heterocycles. The van der Waals surface area contributed by atoms with E-state index in [0.717, 1.165) is 122 Å². The molecule has 0 saturated heterocycles. The largest absolute Gasteiger partial charge is 0.472 e. The van der Waals surface area contributed by atoms with Gasteiger partial charge in [0.2, 0.25) is 5.91 Å². The molecule has 3 N–H and O–H groups in total. The van der Waals surface area contributed by atoms with E-state index in [1.165, 1.54) is 186 Å². The van der Waals surface area contributed by atoms with E-state index in [4.69, 9.17) is 9.05 Å². The van der Waals surface area contributed by atoms with Crippen molar-refractivity contribution < 1.29 is 32.9 Å². The van der Waals surface area contributed by atoms with E-state index in [-0.39, 0.29) is 19.1 Å². The van der Waals surface area contributed by atoms with Gasteiger partial charge >= 0.3 is 7.82 Å². The molecule has 0 fully saturated rings. The van der Waals surface area contributed by atoms with Crippen molar-refractivity contribution in [3.63, 3.8) is 0 Å². The second kappa shape index (κ2) is 70.9. The summed E-state index contributed by atoms with van der Waals surface area (Å²) in [5, 5.41) is 14.0. The molecular weight excluding hydrogens is 1140 g/mol. The van der Waals surface area contributed by atoms with Gasteiger partial charge in [-0.15, -0.1) is 0 Å². The minimum Gasteiger partial charge on any atom is -0.387 e. The number of nitrogens with one attached hydrogen (secondary N) is 1. The molecule has 0 aromatic carbocycles. The molecule has 9 heteroatoms. The smallest absolute Gasteiger partial charge is 0.387 e. The molecule has 0 aliphatic heterocycles. The SMILES string of the molecule is CC/C=C\C/C=C\C/C=C\C/C=C\C/C=C\C/C=C\C/C=C\C/C=C\C/C=C\C/C=C\CCCCCCCCC(=O)NC(COP(=O)(O)OCC[N+](C)(C)C)C(O)/C=C/CCCCCCCCCCCCCCCCCCCCCCCCCCCCCCCC. The predicted octanol–water partition coefficient (Wildman–Crippen LogP) is 24.9. The zero-order valence-corrected chi connectivity index (χ0v) is 60.9. The summed E-state index contributed by atoms with van der Waals surface area (Å²) in [6.07, 6.45) is 108. The molecule has 3 unspecified atom stereocenters. The Bertz CT molecular complexity index is 1950. The molecule has 0 aliphatic carbocycles. The molecule has 0 radical (unpaired) electrons. The van der Waals surface area contributed by atoms with Gasteiger partial charge in [0, 0.05) is 6.42 Å². The third-order valence-corrected chi connectivity index (χ3v) is 17.6. The number of hydrogen-bond donors (Lipinski definition) is 3. The molecule has 8 nitrogen and oxygen atoms in total. The number of carbonyl (C=O) groups excluding carboxylic acids is 1. The zero-order valence-electron chi connectivity index (χ0n) is 60.0. The Kier molecular flexibility index (Phi) is 68.3. The third kappa shape index (κ3) is 73.9. The average Bonchev–Trinajstić information content (AvgIpc) is 3.42. The van der Waals surface area contributed by atoms with Crippen LogP contribution in [0.25, 0.3) is 0 Å². The van der Waals surface area contributed by atoms with Gasteiger partial charge in [-0.05, 0) is 96.3 Å². The monoisotopic (exact) mass is 1290 g/mol. The lowest BCUT2D eigenvalue weighted by atomic mass is 10.0. The maximum absolute atomic E-state index is 13.1. The molecule has 0 aromatic heterocycles. The van der Waals surface area contributed by atoms with E-state index in [0.29, 0.717) is 17.4 Å². The highest BCUT2D eigenvalue weighted by molar-refractivity contribution is 7.47. The zero-order chi connectivity index (χ0) is 66.2. The highest BCUT2D eigenvalue weighted by Gasteiger charge is 2.28. The minimum atomic E-state index is -4.37. The first-order valence-electron chi connectivity index (χ1n) is 38.1. The molecule has 1 amide bonds. The fourth-order valence-electron chi connectivity index (χ4n) is 10.8. The van der Waals surface area contributed by atoms with Crippen molar-refractivity contribution in [1.82, 2.24) is 5.32 Å². The molecule has 0 bridgehead atoms. The van der Waals surface area contributed by atoms with Crippen molar-refractivity contribution in [2.45, 2.75) is 341 Å². The quantitative estimate of drug-likeness (QED) is 0.0243. The summed E-state index contributed by atoms with van der Waals surface area (Å²) < 4.78 is 23.8. The number of likely N-dealkylation sites (N-methyl/N-ethyl adjacent to an activating group) is 1. The fourth-order valence-corrected chi connectivity index (χ4v) is 11.5. The Hall–Kier alpha value is -3.36. The van der Waals surface area contributed by atoms with E-state index in [2.05, 4.69) is 141 Å². The molecule has 0 spiro atoms. The molecule has 0 rings (SSSR count). The number of phosphoric ester groups is 1. The van der Waals surface area contributed by atoms with Gasteiger partial charge in [0.05, 0.1) is 39.9 Å². The van der Waals surface area contributed by atoms with Crippen LogP contribution < -0.4 is 5.32 Å². The average molecular weight is 1290 g/mol. The van der Waals surface area contributed by atoms with Crippen LogP contribution >= 0.6 is 7.82 Å². The molecule has 0 aliphatic rings. The maximum Gasteiger partial charge on any atom is 0.472 e. The Labute approximate surface area is 564 Å². The number of quaternary nitrogens is 1. The number of nitrogens with zero attached hydrogens (tertiary/aromatic N) is 1. The van der Waals surface area contributed by atoms with Crippen molar-refractivity contribution in [3.05, 3.63) is 134 Å². The van der Waals surface area contributed by atoms with Crippen LogP contribution in [0.15, 0.2) is 134 Å². The topological polar surface area (TPSA) is 105 Å². The van der Waals surface area contributed by atoms with E-state index in [9.17, 15) is 19.4 Å². The van der Waals surface area contributed by atoms with Crippen LogP contribution in [0.3, 0.4) is 0 Å². The van der Waals surface area contributed by atoms with Crippen LogP contribution in [-0.2, 0) is 18.4 Å². The minimum absolute atomic E-state index is 0.0522. The van der Waals surface area contributed by atoms with Gasteiger partial charge in [-0.2, -0.15) is 0 Å². The Balaban J connectivity index is 4.13. The lowest BCUT2D eigenvalue weighted by Crippen LogP contribution is -2.45. The number of unbranched alkanes of at least 4 members (excludes halogenated alkanes) is 36. The van der Waals surface area contributed by atoms with Crippen molar-refractivity contribution in [1.29, 1.82) is 0 Å². The number of phosphoric acid groups is 1. The summed E-state index contributed by atoms with van der Waals surface area (Å²) in [7, 11) is 1.55. The van der Waals surface area contributed by atoms with Crippen LogP contribution in [-0.4, -0.2) is 73.4 Å². The summed E-state index contributed by atoms with van der Waals surface area (Å²) in [6.45, 7) is 4.71. The van der Waals surface area contributed by atoms with E-state index < -0.39 is 20.0 Å². The highest BCUT2D eigenvalue weighted by Crippen LogP contribution is 2.43. The van der Waals surface area contributed by atoms with Crippen molar-refractivity contribution in [2.24, 2.45) is 0 Å². The maximum atomic E-state index is 13.1. The van der Waals surface area contributed by atoms with Gasteiger partial charge in [-0.25, -0.2) is 4.57 Å². The number of carbonyl (C=O) groups is 1. The number of hydrogen-bond acceptors (Lipinski definition) is 5. The number of aliphatic hydroxyl groups is 1. The standard InChI is InChI=1S/C82H145N2O6P/c1-6-8-10-12-14-16-18-20-22-24-26-28-30-32-34-36-38-40-41-42-43-44-46-48-50-52-54-56-58-60-62-64-66-68-70-72-74-76-82(86)83-80(79-90-91(87,88)89-78-77-84(3,4)5)81(85)75-73-71-69-67-65-63-61-59-57-55-53-51-49-47-45-39-37-35-33-31-29-27-25-23-21-19-17-15-13-11-9-7-2/h8,10,14,16,20,22,26,28,32,34,38,40,42-43,46,48,52,54,58,60,73,75,80-81,85H,6-7,9,11-13,15,17-19,21,23-25,27,29-31,33,35-37,39,41,44-45,47,49-51,53,55-57,59,61-72,74,76-79H2,1-5H3,(H-,83,86,87,88)/p+1/b10-8-,16-14-,22-20-,28-26-,34-32-,40-38-,43-42-,48-46-,54-52-,60-58-,75-73+. The van der Waals surface area contributed by atoms with E-state index in [1.54, 1.807) is 6.08 Å². The third-order valence-electron chi connectivity index (χ3n) is 16.6. The predicted molar refractivity (Wildman–Crippen MR) is 401 cm³/mol. The van der Waals surface area contributed by atoms with Gasteiger partial charge in [-0.1, -0.05) is 359 Å². The summed E-state index contributed by atoms with van der Waals surface area (Å²) in [4.78, 5) is 23.5. The Morgan fingerprint density at radius 1 is 0.385 bits per heavy atom. The van der Waals surface area contributed by atoms with Crippen LogP contribution in [0.4, 0.5) is 0 Å². The lowest BCUT2D eigenvalue weighted by Gasteiger charge is -2.25. The molecule has 0 saturated carbocycles. The van der Waals surface area contributed by atoms with Gasteiger partial charge in [0.1, 0.15) is 13.2 Å². The number of rotatable bonds is 69. The first kappa shape index (κ1) is 87.6. The van der Waals surface area contributed by atoms with Crippen LogP contribution in [0, 0.1) is 0 Å². The van der Waals surface area contributed by atoms with Gasteiger partial charge < -0.3 is 19.8 Å². The molecule has 0 aromatic rings. The van der Waals surface area contributed by atoms with E-state index in [1.807, 2.05) is 27.2 Å². The molecular formula is C82H146N2O6P+. The van der Waals surface area contributed by atoms with Crippen molar-refractivity contribution in [3.8, 4) is 0 Å². The van der Waals surface area contributed by atoms with E-state index >= 15 is 0 Å². The summed E-state index contributed by atoms with van der Waals surface area (Å²) in [5.74, 6) is -0.193. The first-order chi connectivity index (χ1) is 44.5. The normalized spacial score (nSPS) is 14.3. The van der Waals surface area contributed by atoms with Gasteiger partial charge in [0.25, 0.3) is 0 Å². The van der Waals surface area contributed by atoms with Crippen molar-refractivity contribution in [2.75, 3.05) is 40.9 Å². The second-order valence-corrected chi connectivity index (χ2v) is 28.1. The summed E-state index contributed by atoms with van der Waals surface area (Å²) >= 11 is 0. The highest BCUT2D eigenvalue weighted by atomic mass is 31.2. The van der Waals surface area contributed by atoms with Crippen LogP contribution in [0.5, 0.6) is 0 Å². The summed E-state index contributed by atoms with van der Waals surface area (Å²) in [5.41, 5.74) is 0. The van der Waals surface area contributed by atoms with Crippen LogP contribution in [0.1, 0.15) is 328 Å². The Morgan fingerprint density at radius 3 is 0.967 bits per heavy atom. The number of aliphatic hydroxyl groups excluding tert-OH is 1. The molecule has 91 heavy (non-hydrogen) atoms. The Morgan fingerprint density at radius 2 is 0.659 bits per heavy atom. The fraction of sp³-hybridized carbons (Fsp3) is 0.720. The number of amides is 1. The van der Waals surface area contributed by atoms with Crippen LogP contribution in [0.2, 0.25) is 0 Å². The molecule has 524 valence electrons. The van der Waals surface area contributed by atoms with Gasteiger partial charge in [-0.3, -0.25) is 13.8 Å².